The zero-order valence-corrected chi connectivity index (χ0v) is 7.19. The first-order valence-electron chi connectivity index (χ1n) is 4.31. The summed E-state index contributed by atoms with van der Waals surface area (Å²) in [5.74, 6) is 0.337. The van der Waals surface area contributed by atoms with Gasteiger partial charge in [0.2, 0.25) is 0 Å². The van der Waals surface area contributed by atoms with E-state index in [1.165, 1.54) is 5.57 Å². The molecule has 1 aliphatic rings. The number of hydrogen-bond acceptors (Lipinski definition) is 2. The molecule has 0 heterocycles. The van der Waals surface area contributed by atoms with Crippen LogP contribution in [-0.4, -0.2) is 5.97 Å². The van der Waals surface area contributed by atoms with Crippen molar-refractivity contribution in [2.45, 2.75) is 12.8 Å². The van der Waals surface area contributed by atoms with Crippen LogP contribution in [0.15, 0.2) is 42.0 Å². The van der Waals surface area contributed by atoms with E-state index in [4.69, 9.17) is 4.74 Å². The van der Waals surface area contributed by atoms with Gasteiger partial charge in [-0.1, -0.05) is 23.8 Å². The number of hydrogen-bond donors (Lipinski definition) is 0. The number of para-hydroxylation sites is 1. The van der Waals surface area contributed by atoms with Gasteiger partial charge in [-0.15, -0.1) is 0 Å². The van der Waals surface area contributed by atoms with Gasteiger partial charge in [0.25, 0.3) is 0 Å². The van der Waals surface area contributed by atoms with Crippen molar-refractivity contribution < 1.29 is 9.53 Å². The molecule has 0 spiro atoms. The van der Waals surface area contributed by atoms with Crippen LogP contribution >= 0.6 is 0 Å². The summed E-state index contributed by atoms with van der Waals surface area (Å²) in [5, 5.41) is 0. The van der Waals surface area contributed by atoms with Crippen LogP contribution in [0.1, 0.15) is 12.8 Å². The Kier molecular flexibility index (Phi) is 2.13. The van der Waals surface area contributed by atoms with Gasteiger partial charge >= 0.3 is 5.97 Å². The second-order valence-electron chi connectivity index (χ2n) is 3.04. The van der Waals surface area contributed by atoms with Crippen molar-refractivity contribution in [3.63, 3.8) is 0 Å². The highest BCUT2D eigenvalue weighted by molar-refractivity contribution is 5.85. The number of rotatable bonds is 2. The van der Waals surface area contributed by atoms with E-state index in [2.05, 4.69) is 0 Å². The molecule has 0 N–H and O–H groups in total. The molecular formula is C11H10O2. The van der Waals surface area contributed by atoms with Crippen molar-refractivity contribution in [2.24, 2.45) is 0 Å². The second kappa shape index (κ2) is 3.44. The molecule has 1 fully saturated rings. The molecule has 0 amide bonds. The zero-order valence-electron chi connectivity index (χ0n) is 7.19. The SMILES string of the molecule is O=C(C=C1CC1)Oc1ccccc1. The van der Waals surface area contributed by atoms with Gasteiger partial charge in [0, 0.05) is 6.08 Å². The van der Waals surface area contributed by atoms with Gasteiger partial charge in [0.1, 0.15) is 5.75 Å². The number of carbonyl (C=O) groups excluding carboxylic acids is 1. The second-order valence-corrected chi connectivity index (χ2v) is 3.04. The van der Waals surface area contributed by atoms with Gasteiger partial charge in [-0.05, 0) is 25.0 Å². The van der Waals surface area contributed by atoms with Gasteiger partial charge in [-0.25, -0.2) is 4.79 Å². The number of ether oxygens (including phenoxy) is 1. The van der Waals surface area contributed by atoms with Gasteiger partial charge in [0.15, 0.2) is 0 Å². The zero-order chi connectivity index (χ0) is 9.10. The molecule has 66 valence electrons. The Morgan fingerprint density at radius 1 is 1.23 bits per heavy atom. The number of esters is 1. The monoisotopic (exact) mass is 174 g/mol. The fourth-order valence-corrected chi connectivity index (χ4v) is 1.02. The molecule has 0 aromatic heterocycles. The molecule has 2 nitrogen and oxygen atoms in total. The summed E-state index contributed by atoms with van der Waals surface area (Å²) in [6.45, 7) is 0. The summed E-state index contributed by atoms with van der Waals surface area (Å²) in [7, 11) is 0. The van der Waals surface area contributed by atoms with Crippen LogP contribution in [-0.2, 0) is 4.79 Å². The third-order valence-corrected chi connectivity index (χ3v) is 1.82. The lowest BCUT2D eigenvalue weighted by Gasteiger charge is -1.98. The average molecular weight is 174 g/mol. The van der Waals surface area contributed by atoms with Gasteiger partial charge in [0.05, 0.1) is 0 Å². The Hall–Kier alpha value is -1.57. The van der Waals surface area contributed by atoms with Crippen LogP contribution in [0.25, 0.3) is 0 Å². The first-order valence-corrected chi connectivity index (χ1v) is 4.31. The fraction of sp³-hybridized carbons (Fsp3) is 0.182. The molecule has 1 saturated carbocycles. The Labute approximate surface area is 76.8 Å². The Balaban J connectivity index is 1.98. The molecule has 0 saturated heterocycles. The normalized spacial score (nSPS) is 13.7. The van der Waals surface area contributed by atoms with E-state index in [0.29, 0.717) is 5.75 Å². The summed E-state index contributed by atoms with van der Waals surface area (Å²) >= 11 is 0. The maximum absolute atomic E-state index is 11.2. The highest BCUT2D eigenvalue weighted by Gasteiger charge is 2.13. The Bertz CT molecular complexity index is 332. The largest absolute Gasteiger partial charge is 0.423 e. The first kappa shape index (κ1) is 8.05. The van der Waals surface area contributed by atoms with Crippen molar-refractivity contribution >= 4 is 5.97 Å². The molecule has 0 radical (unpaired) electrons. The average Bonchev–Trinajstić information content (AvgIpc) is 2.90. The topological polar surface area (TPSA) is 26.3 Å². The predicted molar refractivity (Wildman–Crippen MR) is 49.4 cm³/mol. The van der Waals surface area contributed by atoms with E-state index in [9.17, 15) is 4.79 Å². The number of allylic oxidation sites excluding steroid dienone is 1. The minimum absolute atomic E-state index is 0.265. The molecule has 1 aliphatic carbocycles. The third kappa shape index (κ3) is 2.44. The van der Waals surface area contributed by atoms with Crippen molar-refractivity contribution in [3.8, 4) is 5.75 Å². The van der Waals surface area contributed by atoms with Crippen molar-refractivity contribution in [1.82, 2.24) is 0 Å². The summed E-state index contributed by atoms with van der Waals surface area (Å²) in [6.07, 6.45) is 3.67. The first-order chi connectivity index (χ1) is 6.34. The molecule has 2 rings (SSSR count). The molecule has 0 unspecified atom stereocenters. The highest BCUT2D eigenvalue weighted by Crippen LogP contribution is 2.27. The minimum atomic E-state index is -0.265. The van der Waals surface area contributed by atoms with E-state index in [1.54, 1.807) is 18.2 Å². The summed E-state index contributed by atoms with van der Waals surface area (Å²) in [4.78, 5) is 11.2. The molecule has 2 heteroatoms. The maximum Gasteiger partial charge on any atom is 0.336 e. The lowest BCUT2D eigenvalue weighted by molar-refractivity contribution is -0.129. The van der Waals surface area contributed by atoms with E-state index in [0.717, 1.165) is 12.8 Å². The molecule has 0 bridgehead atoms. The fourth-order valence-electron chi connectivity index (χ4n) is 1.02. The van der Waals surface area contributed by atoms with Crippen LogP contribution in [0, 0.1) is 0 Å². The van der Waals surface area contributed by atoms with Crippen LogP contribution in [0.3, 0.4) is 0 Å². The minimum Gasteiger partial charge on any atom is -0.423 e. The van der Waals surface area contributed by atoms with Crippen molar-refractivity contribution in [2.75, 3.05) is 0 Å². The lowest BCUT2D eigenvalue weighted by atomic mass is 10.3. The third-order valence-electron chi connectivity index (χ3n) is 1.82. The van der Waals surface area contributed by atoms with Crippen molar-refractivity contribution in [3.05, 3.63) is 42.0 Å². The summed E-state index contributed by atoms with van der Waals surface area (Å²) < 4.78 is 5.05. The highest BCUT2D eigenvalue weighted by atomic mass is 16.5. The van der Waals surface area contributed by atoms with Gasteiger partial charge < -0.3 is 4.74 Å². The van der Waals surface area contributed by atoms with E-state index in [1.807, 2.05) is 18.2 Å². The molecule has 13 heavy (non-hydrogen) atoms. The van der Waals surface area contributed by atoms with E-state index < -0.39 is 0 Å². The van der Waals surface area contributed by atoms with Gasteiger partial charge in [-0.2, -0.15) is 0 Å². The Morgan fingerprint density at radius 3 is 2.54 bits per heavy atom. The quantitative estimate of drug-likeness (QED) is 0.390. The molecule has 0 atom stereocenters. The number of carbonyl (C=O) groups is 1. The molecule has 1 aromatic rings. The Morgan fingerprint density at radius 2 is 1.92 bits per heavy atom. The van der Waals surface area contributed by atoms with Crippen LogP contribution in [0.2, 0.25) is 0 Å². The molecule has 1 aromatic carbocycles. The standard InChI is InChI=1S/C11H10O2/c12-11(8-9-6-7-9)13-10-4-2-1-3-5-10/h1-5,8H,6-7H2. The predicted octanol–water partition coefficient (Wildman–Crippen LogP) is 2.31. The van der Waals surface area contributed by atoms with Crippen LogP contribution < -0.4 is 4.74 Å². The van der Waals surface area contributed by atoms with E-state index in [-0.39, 0.29) is 5.97 Å². The maximum atomic E-state index is 11.2. The van der Waals surface area contributed by atoms with Gasteiger partial charge in [-0.3, -0.25) is 0 Å². The van der Waals surface area contributed by atoms with Crippen LogP contribution in [0.4, 0.5) is 0 Å². The van der Waals surface area contributed by atoms with Crippen molar-refractivity contribution in [1.29, 1.82) is 0 Å². The number of benzene rings is 1. The van der Waals surface area contributed by atoms with E-state index >= 15 is 0 Å². The molecular weight excluding hydrogens is 164 g/mol. The molecule has 0 aliphatic heterocycles. The van der Waals surface area contributed by atoms with Crippen LogP contribution in [0.5, 0.6) is 5.75 Å². The lowest BCUT2D eigenvalue weighted by Crippen LogP contribution is -2.03. The summed E-state index contributed by atoms with van der Waals surface area (Å²) in [6, 6.07) is 9.10. The smallest absolute Gasteiger partial charge is 0.336 e. The summed E-state index contributed by atoms with van der Waals surface area (Å²) in [5.41, 5.74) is 1.18.